The van der Waals surface area contributed by atoms with Gasteiger partial charge < -0.3 is 10.5 Å². The second-order valence-electron chi connectivity index (χ2n) is 5.18. The third-order valence-corrected chi connectivity index (χ3v) is 3.48. The topological polar surface area (TPSA) is 73.1 Å². The van der Waals surface area contributed by atoms with E-state index in [1.165, 1.54) is 24.5 Å². The number of benzene rings is 2. The lowest BCUT2D eigenvalue weighted by Crippen LogP contribution is -2.25. The fourth-order valence-corrected chi connectivity index (χ4v) is 2.26. The number of hydrogen-bond acceptors (Lipinski definition) is 3. The van der Waals surface area contributed by atoms with E-state index in [1.54, 1.807) is 48.5 Å². The summed E-state index contributed by atoms with van der Waals surface area (Å²) in [4.78, 5) is 24.6. The Morgan fingerprint density at radius 3 is 2.17 bits per heavy atom. The van der Waals surface area contributed by atoms with E-state index in [0.717, 1.165) is 0 Å². The smallest absolute Gasteiger partial charge is 0.256 e. The first kappa shape index (κ1) is 15.4. The van der Waals surface area contributed by atoms with E-state index in [2.05, 4.69) is 5.32 Å². The number of amides is 1. The zero-order valence-electron chi connectivity index (χ0n) is 12.7. The van der Waals surface area contributed by atoms with Crippen LogP contribution in [0.3, 0.4) is 0 Å². The molecule has 1 heterocycles. The molecule has 0 saturated heterocycles. The highest BCUT2D eigenvalue weighted by molar-refractivity contribution is 6.10. The minimum absolute atomic E-state index is 0.112. The van der Waals surface area contributed by atoms with E-state index in [0.29, 0.717) is 27.1 Å². The number of nitrogens with one attached hydrogen (secondary N) is 1. The Morgan fingerprint density at radius 1 is 0.792 bits per heavy atom. The maximum Gasteiger partial charge on any atom is 0.256 e. The van der Waals surface area contributed by atoms with Crippen LogP contribution in [0.15, 0.2) is 79.1 Å². The molecule has 1 N–H and O–H groups in total. The summed E-state index contributed by atoms with van der Waals surface area (Å²) < 4.78 is 0.607. The maximum atomic E-state index is 12.4. The van der Waals surface area contributed by atoms with E-state index < -0.39 is 0 Å². The number of aromatic nitrogens is 1. The van der Waals surface area contributed by atoms with Gasteiger partial charge in [0.05, 0.1) is 5.56 Å². The average Bonchev–Trinajstić information content (AvgIpc) is 2.62. The maximum absolute atomic E-state index is 12.4. The highest BCUT2D eigenvalue weighted by atomic mass is 16.5. The van der Waals surface area contributed by atoms with Crippen molar-refractivity contribution < 1.29 is 14.3 Å². The standard InChI is InChI=1S/C19H14N2O3/c22-18(14-5-2-1-3-6-14)16-7-4-8-17(13-16)20-19(23)15-9-11-21(24)12-10-15/h1-13H,(H,20,23). The minimum atomic E-state index is -0.347. The molecule has 0 atom stereocenters. The molecule has 118 valence electrons. The van der Waals surface area contributed by atoms with Crippen LogP contribution in [0.1, 0.15) is 26.3 Å². The van der Waals surface area contributed by atoms with Gasteiger partial charge in [-0.2, -0.15) is 4.73 Å². The van der Waals surface area contributed by atoms with Crippen molar-refractivity contribution in [1.29, 1.82) is 0 Å². The quantitative estimate of drug-likeness (QED) is 0.457. The van der Waals surface area contributed by atoms with Crippen LogP contribution in [-0.2, 0) is 0 Å². The summed E-state index contributed by atoms with van der Waals surface area (Å²) in [5.41, 5.74) is 1.95. The molecule has 0 bridgehead atoms. The normalized spacial score (nSPS) is 10.2. The van der Waals surface area contributed by atoms with Crippen molar-refractivity contribution in [3.8, 4) is 0 Å². The summed E-state index contributed by atoms with van der Waals surface area (Å²) in [5, 5.41) is 13.7. The van der Waals surface area contributed by atoms with Gasteiger partial charge in [-0.15, -0.1) is 0 Å². The molecule has 3 aromatic rings. The van der Waals surface area contributed by atoms with E-state index in [1.807, 2.05) is 6.07 Å². The van der Waals surface area contributed by atoms with Gasteiger partial charge in [0, 0.05) is 28.9 Å². The predicted octanol–water partition coefficient (Wildman–Crippen LogP) is 2.80. The van der Waals surface area contributed by atoms with Crippen molar-refractivity contribution >= 4 is 17.4 Å². The average molecular weight is 318 g/mol. The van der Waals surface area contributed by atoms with Crippen molar-refractivity contribution in [2.24, 2.45) is 0 Å². The van der Waals surface area contributed by atoms with Gasteiger partial charge in [-0.3, -0.25) is 9.59 Å². The predicted molar refractivity (Wildman–Crippen MR) is 89.7 cm³/mol. The van der Waals surface area contributed by atoms with Gasteiger partial charge in [0.1, 0.15) is 0 Å². The Hall–Kier alpha value is -3.47. The van der Waals surface area contributed by atoms with Crippen LogP contribution in [-0.4, -0.2) is 11.7 Å². The first-order chi connectivity index (χ1) is 11.6. The van der Waals surface area contributed by atoms with Gasteiger partial charge in [0.15, 0.2) is 18.2 Å². The lowest BCUT2D eigenvalue weighted by molar-refractivity contribution is -0.605. The fourth-order valence-electron chi connectivity index (χ4n) is 2.26. The molecule has 0 aliphatic heterocycles. The Bertz CT molecular complexity index is 875. The molecular formula is C19H14N2O3. The van der Waals surface area contributed by atoms with Crippen molar-refractivity contribution in [2.75, 3.05) is 5.32 Å². The highest BCUT2D eigenvalue weighted by Gasteiger charge is 2.11. The molecule has 2 aromatic carbocycles. The molecule has 24 heavy (non-hydrogen) atoms. The molecule has 1 amide bonds. The molecule has 0 aliphatic carbocycles. The molecule has 0 aliphatic rings. The zero-order chi connectivity index (χ0) is 16.9. The Balaban J connectivity index is 1.79. The Labute approximate surface area is 138 Å². The van der Waals surface area contributed by atoms with Gasteiger partial charge >= 0.3 is 0 Å². The number of ketones is 1. The molecule has 0 fully saturated rings. The Kier molecular flexibility index (Phi) is 4.34. The van der Waals surface area contributed by atoms with Crippen molar-refractivity contribution in [3.63, 3.8) is 0 Å². The summed E-state index contributed by atoms with van der Waals surface area (Å²) in [7, 11) is 0. The third-order valence-electron chi connectivity index (χ3n) is 3.48. The number of rotatable bonds is 4. The second-order valence-corrected chi connectivity index (χ2v) is 5.18. The van der Waals surface area contributed by atoms with Gasteiger partial charge in [0.25, 0.3) is 5.91 Å². The van der Waals surface area contributed by atoms with E-state index in [9.17, 15) is 14.8 Å². The zero-order valence-corrected chi connectivity index (χ0v) is 12.7. The summed E-state index contributed by atoms with van der Waals surface area (Å²) in [5.74, 6) is -0.460. The van der Waals surface area contributed by atoms with Crippen LogP contribution < -0.4 is 10.0 Å². The van der Waals surface area contributed by atoms with Gasteiger partial charge in [-0.05, 0) is 12.1 Å². The third kappa shape index (κ3) is 3.47. The number of hydrogen-bond donors (Lipinski definition) is 1. The van der Waals surface area contributed by atoms with Crippen LogP contribution in [0, 0.1) is 5.21 Å². The number of anilines is 1. The lowest BCUT2D eigenvalue weighted by Gasteiger charge is -2.07. The molecular weight excluding hydrogens is 304 g/mol. The van der Waals surface area contributed by atoms with Crippen molar-refractivity contribution in [3.05, 3.63) is 101 Å². The van der Waals surface area contributed by atoms with Gasteiger partial charge in [-0.25, -0.2) is 0 Å². The molecule has 3 rings (SSSR count). The van der Waals surface area contributed by atoms with E-state index >= 15 is 0 Å². The summed E-state index contributed by atoms with van der Waals surface area (Å²) >= 11 is 0. The molecule has 0 radical (unpaired) electrons. The number of pyridine rings is 1. The molecule has 5 nitrogen and oxygen atoms in total. The van der Waals surface area contributed by atoms with Gasteiger partial charge in [-0.1, -0.05) is 42.5 Å². The molecule has 0 saturated carbocycles. The molecule has 1 aromatic heterocycles. The van der Waals surface area contributed by atoms with Crippen molar-refractivity contribution in [1.82, 2.24) is 0 Å². The van der Waals surface area contributed by atoms with Gasteiger partial charge in [0.2, 0.25) is 0 Å². The minimum Gasteiger partial charge on any atom is -0.619 e. The largest absolute Gasteiger partial charge is 0.619 e. The molecule has 5 heteroatoms. The lowest BCUT2D eigenvalue weighted by atomic mass is 10.0. The van der Waals surface area contributed by atoms with Crippen LogP contribution in [0.4, 0.5) is 5.69 Å². The second kappa shape index (κ2) is 6.75. The van der Waals surface area contributed by atoms with E-state index in [4.69, 9.17) is 0 Å². The van der Waals surface area contributed by atoms with Crippen LogP contribution >= 0.6 is 0 Å². The first-order valence-electron chi connectivity index (χ1n) is 7.33. The monoisotopic (exact) mass is 318 g/mol. The highest BCUT2D eigenvalue weighted by Crippen LogP contribution is 2.15. The molecule has 0 unspecified atom stereocenters. The number of nitrogens with zero attached hydrogens (tertiary/aromatic N) is 1. The number of carbonyl (C=O) groups is 2. The fraction of sp³-hybridized carbons (Fsp3) is 0. The summed E-state index contributed by atoms with van der Waals surface area (Å²) in [6.45, 7) is 0. The van der Waals surface area contributed by atoms with E-state index in [-0.39, 0.29) is 11.7 Å². The SMILES string of the molecule is O=C(Nc1cccc(C(=O)c2ccccc2)c1)c1cc[n+]([O-])cc1. The summed E-state index contributed by atoms with van der Waals surface area (Å²) in [6.07, 6.45) is 2.51. The van der Waals surface area contributed by atoms with Crippen molar-refractivity contribution in [2.45, 2.75) is 0 Å². The van der Waals surface area contributed by atoms with Crippen LogP contribution in [0.5, 0.6) is 0 Å². The molecule has 0 spiro atoms. The summed E-state index contributed by atoms with van der Waals surface area (Å²) in [6, 6.07) is 18.6. The van der Waals surface area contributed by atoms with Crippen LogP contribution in [0.2, 0.25) is 0 Å². The Morgan fingerprint density at radius 2 is 1.46 bits per heavy atom. The number of carbonyl (C=O) groups excluding carboxylic acids is 2. The first-order valence-corrected chi connectivity index (χ1v) is 7.33. The van der Waals surface area contributed by atoms with Crippen LogP contribution in [0.25, 0.3) is 0 Å².